The topological polar surface area (TPSA) is 20.7 Å². The Bertz CT molecular complexity index is 525. The second-order valence-corrected chi connectivity index (χ2v) is 4.02. The van der Waals surface area contributed by atoms with Gasteiger partial charge in [-0.15, -0.1) is 0 Å². The summed E-state index contributed by atoms with van der Waals surface area (Å²) in [5, 5.41) is 0. The first-order valence-electron chi connectivity index (χ1n) is 5.26. The summed E-state index contributed by atoms with van der Waals surface area (Å²) in [6.07, 6.45) is 2.88. The van der Waals surface area contributed by atoms with Crippen LogP contribution in [0.2, 0.25) is 0 Å². The number of aromatic amines is 1. The van der Waals surface area contributed by atoms with Crippen LogP contribution in [0, 0.1) is 10.6 Å². The predicted molar refractivity (Wildman–Crippen MR) is 65.3 cm³/mol. The monoisotopic (exact) mass is 236 g/mol. The van der Waals surface area contributed by atoms with Gasteiger partial charge >= 0.3 is 0 Å². The highest BCUT2D eigenvalue weighted by Crippen LogP contribution is 2.20. The summed E-state index contributed by atoms with van der Waals surface area (Å²) in [5.41, 5.74) is 1.98. The van der Waals surface area contributed by atoms with Crippen LogP contribution in [0.5, 0.6) is 0 Å². The molecule has 0 unspecified atom stereocenters. The molecule has 0 spiro atoms. The standard InChI is InChI=1S/C12H13FN2S/c1-2-7-15-11(8-14-12(15)16)9-3-5-10(13)6-4-9/h3-6,8H,2,7H2,1H3,(H,14,16). The SMILES string of the molecule is CCCn1c(-c2ccc(F)cc2)c[nH]c1=S. The van der Waals surface area contributed by atoms with Crippen molar-refractivity contribution in [3.63, 3.8) is 0 Å². The van der Waals surface area contributed by atoms with Crippen molar-refractivity contribution >= 4 is 12.2 Å². The normalized spacial score (nSPS) is 10.6. The predicted octanol–water partition coefficient (Wildman–Crippen LogP) is 3.76. The van der Waals surface area contributed by atoms with Crippen LogP contribution in [0.3, 0.4) is 0 Å². The average molecular weight is 236 g/mol. The second kappa shape index (κ2) is 4.61. The Balaban J connectivity index is 2.47. The Hall–Kier alpha value is -1.42. The van der Waals surface area contributed by atoms with Crippen LogP contribution in [0.25, 0.3) is 11.3 Å². The van der Waals surface area contributed by atoms with Gasteiger partial charge in [0.05, 0.1) is 5.69 Å². The zero-order chi connectivity index (χ0) is 11.5. The number of aromatic nitrogens is 2. The van der Waals surface area contributed by atoms with Crippen LogP contribution < -0.4 is 0 Å². The molecule has 0 atom stereocenters. The lowest BCUT2D eigenvalue weighted by atomic mass is 10.1. The zero-order valence-electron chi connectivity index (χ0n) is 9.03. The summed E-state index contributed by atoms with van der Waals surface area (Å²) >= 11 is 5.20. The molecule has 0 fully saturated rings. The molecule has 1 aromatic carbocycles. The van der Waals surface area contributed by atoms with Crippen molar-refractivity contribution in [3.8, 4) is 11.3 Å². The molecule has 0 bridgehead atoms. The van der Waals surface area contributed by atoms with Crippen molar-refractivity contribution in [2.24, 2.45) is 0 Å². The third-order valence-electron chi connectivity index (χ3n) is 2.46. The molecule has 4 heteroatoms. The molecular weight excluding hydrogens is 223 g/mol. The van der Waals surface area contributed by atoms with Crippen molar-refractivity contribution in [1.29, 1.82) is 0 Å². The Morgan fingerprint density at radius 2 is 2.00 bits per heavy atom. The van der Waals surface area contributed by atoms with Gasteiger partial charge in [0.1, 0.15) is 5.82 Å². The van der Waals surface area contributed by atoms with Crippen LogP contribution in [-0.2, 0) is 6.54 Å². The summed E-state index contributed by atoms with van der Waals surface area (Å²) in [4.78, 5) is 3.02. The number of halogens is 1. The fourth-order valence-corrected chi connectivity index (χ4v) is 1.95. The van der Waals surface area contributed by atoms with Gasteiger partial charge in [-0.2, -0.15) is 0 Å². The highest BCUT2D eigenvalue weighted by molar-refractivity contribution is 7.71. The summed E-state index contributed by atoms with van der Waals surface area (Å²) in [5.74, 6) is -0.222. The van der Waals surface area contributed by atoms with Gasteiger partial charge in [-0.25, -0.2) is 4.39 Å². The molecule has 1 N–H and O–H groups in total. The zero-order valence-corrected chi connectivity index (χ0v) is 9.85. The Morgan fingerprint density at radius 1 is 1.31 bits per heavy atom. The number of H-pyrrole nitrogens is 1. The molecule has 0 saturated heterocycles. The number of rotatable bonds is 3. The van der Waals surface area contributed by atoms with Gasteiger partial charge < -0.3 is 9.55 Å². The molecule has 0 aliphatic carbocycles. The van der Waals surface area contributed by atoms with Crippen molar-refractivity contribution in [1.82, 2.24) is 9.55 Å². The van der Waals surface area contributed by atoms with Gasteiger partial charge in [-0.05, 0) is 48.5 Å². The number of hydrogen-bond donors (Lipinski definition) is 1. The molecule has 16 heavy (non-hydrogen) atoms. The number of hydrogen-bond acceptors (Lipinski definition) is 1. The lowest BCUT2D eigenvalue weighted by molar-refractivity contribution is 0.627. The van der Waals surface area contributed by atoms with Crippen LogP contribution in [0.1, 0.15) is 13.3 Å². The smallest absolute Gasteiger partial charge is 0.177 e. The lowest BCUT2D eigenvalue weighted by Gasteiger charge is -2.06. The van der Waals surface area contributed by atoms with Gasteiger partial charge in [0.15, 0.2) is 4.77 Å². The van der Waals surface area contributed by atoms with E-state index < -0.39 is 0 Å². The van der Waals surface area contributed by atoms with Gasteiger partial charge in [0, 0.05) is 12.7 Å². The van der Waals surface area contributed by atoms with Crippen molar-refractivity contribution in [2.45, 2.75) is 19.9 Å². The third-order valence-corrected chi connectivity index (χ3v) is 2.79. The second-order valence-electron chi connectivity index (χ2n) is 3.64. The molecule has 2 aromatic rings. The van der Waals surface area contributed by atoms with Crippen molar-refractivity contribution < 1.29 is 4.39 Å². The molecule has 1 aromatic heterocycles. The van der Waals surface area contributed by atoms with Gasteiger partial charge in [0.25, 0.3) is 0 Å². The molecule has 0 amide bonds. The molecule has 0 aliphatic heterocycles. The quantitative estimate of drug-likeness (QED) is 0.805. The number of imidazole rings is 1. The van der Waals surface area contributed by atoms with Gasteiger partial charge in [-0.3, -0.25) is 0 Å². The van der Waals surface area contributed by atoms with E-state index in [0.717, 1.165) is 24.2 Å². The summed E-state index contributed by atoms with van der Waals surface area (Å²) in [6, 6.07) is 6.45. The van der Waals surface area contributed by atoms with E-state index in [1.807, 2.05) is 10.8 Å². The Labute approximate surface area is 98.7 Å². The first-order chi connectivity index (χ1) is 7.72. The maximum atomic E-state index is 12.8. The molecule has 2 nitrogen and oxygen atoms in total. The first kappa shape index (κ1) is 11.1. The lowest BCUT2D eigenvalue weighted by Crippen LogP contribution is -1.99. The van der Waals surface area contributed by atoms with E-state index in [2.05, 4.69) is 11.9 Å². The minimum absolute atomic E-state index is 0.222. The summed E-state index contributed by atoms with van der Waals surface area (Å²) < 4.78 is 15.6. The summed E-state index contributed by atoms with van der Waals surface area (Å²) in [6.45, 7) is 2.97. The largest absolute Gasteiger partial charge is 0.337 e. The third kappa shape index (κ3) is 2.07. The molecule has 0 aliphatic rings. The van der Waals surface area contributed by atoms with Crippen LogP contribution >= 0.6 is 12.2 Å². The van der Waals surface area contributed by atoms with Crippen LogP contribution in [0.4, 0.5) is 4.39 Å². The fraction of sp³-hybridized carbons (Fsp3) is 0.250. The van der Waals surface area contributed by atoms with Crippen LogP contribution in [0.15, 0.2) is 30.5 Å². The molecule has 0 radical (unpaired) electrons. The van der Waals surface area contributed by atoms with Crippen molar-refractivity contribution in [3.05, 3.63) is 41.1 Å². The Morgan fingerprint density at radius 3 is 2.62 bits per heavy atom. The number of nitrogens with zero attached hydrogens (tertiary/aromatic N) is 1. The van der Waals surface area contributed by atoms with E-state index in [1.54, 1.807) is 12.1 Å². The molecule has 2 rings (SSSR count). The van der Waals surface area contributed by atoms with E-state index >= 15 is 0 Å². The molecular formula is C12H13FN2S. The highest BCUT2D eigenvalue weighted by Gasteiger charge is 2.05. The molecule has 84 valence electrons. The number of benzene rings is 1. The average Bonchev–Trinajstić information content (AvgIpc) is 2.63. The highest BCUT2D eigenvalue weighted by atomic mass is 32.1. The van der Waals surface area contributed by atoms with Gasteiger partial charge in [0.2, 0.25) is 0 Å². The van der Waals surface area contributed by atoms with E-state index in [4.69, 9.17) is 12.2 Å². The molecule has 0 saturated carbocycles. The van der Waals surface area contributed by atoms with E-state index in [0.29, 0.717) is 4.77 Å². The van der Waals surface area contributed by atoms with E-state index in [1.165, 1.54) is 12.1 Å². The van der Waals surface area contributed by atoms with E-state index in [-0.39, 0.29) is 5.82 Å². The van der Waals surface area contributed by atoms with Crippen LogP contribution in [-0.4, -0.2) is 9.55 Å². The minimum Gasteiger partial charge on any atom is -0.337 e. The summed E-state index contributed by atoms with van der Waals surface area (Å²) in [7, 11) is 0. The maximum Gasteiger partial charge on any atom is 0.177 e. The first-order valence-corrected chi connectivity index (χ1v) is 5.67. The number of nitrogens with one attached hydrogen (secondary N) is 1. The Kier molecular flexibility index (Phi) is 3.19. The fourth-order valence-electron chi connectivity index (χ4n) is 1.70. The molecule has 1 heterocycles. The van der Waals surface area contributed by atoms with Gasteiger partial charge in [-0.1, -0.05) is 6.92 Å². The van der Waals surface area contributed by atoms with Crippen molar-refractivity contribution in [2.75, 3.05) is 0 Å². The maximum absolute atomic E-state index is 12.8. The minimum atomic E-state index is -0.222. The van der Waals surface area contributed by atoms with E-state index in [9.17, 15) is 4.39 Å².